The molecule has 2 rings (SSSR count). The Labute approximate surface area is 101 Å². The molecule has 4 heteroatoms. The Morgan fingerprint density at radius 1 is 1.20 bits per heavy atom. The average Bonchev–Trinajstić information content (AvgIpc) is 2.22. The molecule has 0 aromatic heterocycles. The van der Waals surface area contributed by atoms with Crippen LogP contribution in [0.15, 0.2) is 0 Å². The molecule has 2 fully saturated rings. The van der Waals surface area contributed by atoms with Gasteiger partial charge in [-0.3, -0.25) is 4.79 Å². The summed E-state index contributed by atoms with van der Waals surface area (Å²) in [5.74, 6) is 2.44. The molecule has 0 aliphatic carbocycles. The zero-order chi connectivity index (χ0) is 10.8. The van der Waals surface area contributed by atoms with E-state index in [0.717, 1.165) is 11.7 Å². The summed E-state index contributed by atoms with van der Waals surface area (Å²) in [7, 11) is -0.929. The van der Waals surface area contributed by atoms with E-state index in [1.165, 1.54) is 29.9 Å². The van der Waals surface area contributed by atoms with Crippen LogP contribution >= 0.6 is 11.8 Å². The second-order valence-corrected chi connectivity index (χ2v) is 13.4. The van der Waals surface area contributed by atoms with Crippen molar-refractivity contribution in [1.82, 2.24) is 0 Å². The van der Waals surface area contributed by atoms with Gasteiger partial charge >= 0.3 is 0 Å². The highest BCUT2D eigenvalue weighted by Gasteiger charge is 2.35. The number of hydrogen-bond acceptors (Lipinski definition) is 2. The van der Waals surface area contributed by atoms with Gasteiger partial charge in [0.25, 0.3) is 0 Å². The van der Waals surface area contributed by atoms with E-state index in [0.29, 0.717) is 11.7 Å². The van der Waals surface area contributed by atoms with E-state index in [9.17, 15) is 4.79 Å². The second kappa shape index (κ2) is 5.19. The molecule has 86 valence electrons. The Bertz CT molecular complexity index is 247. The van der Waals surface area contributed by atoms with Gasteiger partial charge in [0, 0.05) is 35.2 Å². The second-order valence-electron chi connectivity index (χ2n) is 5.49. The van der Waals surface area contributed by atoms with Crippen molar-refractivity contribution in [3.05, 3.63) is 0 Å². The highest BCUT2D eigenvalue weighted by Crippen LogP contribution is 2.37. The zero-order valence-electron chi connectivity index (χ0n) is 9.87. The molecule has 0 bridgehead atoms. The van der Waals surface area contributed by atoms with Crippen LogP contribution in [-0.2, 0) is 4.79 Å². The number of ketones is 1. The van der Waals surface area contributed by atoms with E-state index in [-0.39, 0.29) is 0 Å². The van der Waals surface area contributed by atoms with Gasteiger partial charge in [0.05, 0.1) is 0 Å². The Morgan fingerprint density at radius 3 is 2.67 bits per heavy atom. The van der Waals surface area contributed by atoms with Crippen LogP contribution in [-0.4, -0.2) is 34.4 Å². The summed E-state index contributed by atoms with van der Waals surface area (Å²) in [6.07, 6.45) is 0.922. The fraction of sp³-hybridized carbons (Fsp3) is 0.909. The molecule has 0 radical (unpaired) electrons. The number of rotatable bonds is 1. The van der Waals surface area contributed by atoms with E-state index < -0.39 is 17.6 Å². The molecule has 0 saturated carbocycles. The molecular weight excluding hydrogens is 236 g/mol. The Morgan fingerprint density at radius 2 is 1.93 bits per heavy atom. The monoisotopic (exact) mass is 258 g/mol. The first-order valence-corrected chi connectivity index (χ1v) is 12.9. The number of carbonyl (C=O) groups is 1. The van der Waals surface area contributed by atoms with E-state index in [1.54, 1.807) is 0 Å². The van der Waals surface area contributed by atoms with Gasteiger partial charge in [-0.1, -0.05) is 25.2 Å². The molecule has 1 nitrogen and oxygen atoms in total. The third-order valence-electron chi connectivity index (χ3n) is 3.98. The van der Waals surface area contributed by atoms with Crippen LogP contribution in [0, 0.1) is 5.92 Å². The smallest absolute Gasteiger partial charge is 0.136 e. The third kappa shape index (κ3) is 2.97. The summed E-state index contributed by atoms with van der Waals surface area (Å²) in [6.45, 7) is 4.94. The number of Topliss-reactive ketones (excluding diaryl/α,β-unsaturated/α-hetero) is 1. The van der Waals surface area contributed by atoms with Gasteiger partial charge in [0.2, 0.25) is 0 Å². The number of thioether (sulfide) groups is 1. The summed E-state index contributed by atoms with van der Waals surface area (Å²) < 4.78 is 0. The minimum absolute atomic E-state index is 0.429. The van der Waals surface area contributed by atoms with Gasteiger partial charge in [-0.2, -0.15) is 11.8 Å². The van der Waals surface area contributed by atoms with Crippen LogP contribution < -0.4 is 0 Å². The molecule has 0 amide bonds. The fourth-order valence-electron chi connectivity index (χ4n) is 2.90. The van der Waals surface area contributed by atoms with Crippen molar-refractivity contribution in [1.29, 1.82) is 0 Å². The minimum atomic E-state index is -0.501. The maximum Gasteiger partial charge on any atom is 0.136 e. The average molecular weight is 259 g/mol. The van der Waals surface area contributed by atoms with Crippen molar-refractivity contribution in [2.24, 2.45) is 5.92 Å². The highest BCUT2D eigenvalue weighted by molar-refractivity contribution is 8.00. The lowest BCUT2D eigenvalue weighted by molar-refractivity contribution is -0.122. The van der Waals surface area contributed by atoms with Crippen molar-refractivity contribution in [3.8, 4) is 0 Å². The molecule has 0 aromatic rings. The molecule has 4 atom stereocenters. The van der Waals surface area contributed by atoms with E-state index in [1.807, 2.05) is 0 Å². The normalized spacial score (nSPS) is 42.9. The van der Waals surface area contributed by atoms with Crippen molar-refractivity contribution in [3.63, 3.8) is 0 Å². The molecule has 2 unspecified atom stereocenters. The Kier molecular flexibility index (Phi) is 4.13. The topological polar surface area (TPSA) is 17.1 Å². The summed E-state index contributed by atoms with van der Waals surface area (Å²) in [4.78, 5) is 12.0. The predicted molar refractivity (Wildman–Crippen MR) is 74.6 cm³/mol. The van der Waals surface area contributed by atoms with E-state index >= 15 is 0 Å². The summed E-state index contributed by atoms with van der Waals surface area (Å²) >= 11 is 2.12. The van der Waals surface area contributed by atoms with Gasteiger partial charge in [0.1, 0.15) is 5.78 Å². The van der Waals surface area contributed by atoms with Crippen LogP contribution in [0.1, 0.15) is 6.42 Å². The summed E-state index contributed by atoms with van der Waals surface area (Å²) in [5, 5.41) is 0.739. The first kappa shape index (κ1) is 11.9. The molecule has 0 N–H and O–H groups in total. The van der Waals surface area contributed by atoms with Crippen LogP contribution in [0.4, 0.5) is 0 Å². The van der Waals surface area contributed by atoms with Crippen LogP contribution in [0.3, 0.4) is 0 Å². The molecule has 2 heterocycles. The quantitative estimate of drug-likeness (QED) is 0.672. The van der Waals surface area contributed by atoms with Gasteiger partial charge in [0.15, 0.2) is 0 Å². The van der Waals surface area contributed by atoms with Crippen LogP contribution in [0.5, 0.6) is 0 Å². The van der Waals surface area contributed by atoms with Gasteiger partial charge < -0.3 is 0 Å². The van der Waals surface area contributed by atoms with E-state index in [2.05, 4.69) is 24.9 Å². The first-order valence-electron chi connectivity index (χ1n) is 6.31. The van der Waals surface area contributed by atoms with Crippen molar-refractivity contribution >= 4 is 35.1 Å². The Hall–Kier alpha value is 0.454. The molecule has 15 heavy (non-hydrogen) atoms. The molecular formula is C11H22OSSi2. The molecule has 2 saturated heterocycles. The predicted octanol–water partition coefficient (Wildman–Crippen LogP) is 2.40. The number of hydrogen-bond donors (Lipinski definition) is 0. The first-order chi connectivity index (χ1) is 7.16. The lowest BCUT2D eigenvalue weighted by atomic mass is 10.0. The van der Waals surface area contributed by atoms with E-state index in [4.69, 9.17) is 0 Å². The van der Waals surface area contributed by atoms with Gasteiger partial charge in [-0.15, -0.1) is 0 Å². The molecule has 2 aliphatic rings. The number of carbonyl (C=O) groups excluding carboxylic acids is 1. The van der Waals surface area contributed by atoms with Crippen molar-refractivity contribution in [2.75, 3.05) is 5.75 Å². The third-order valence-corrected chi connectivity index (χ3v) is 11.3. The Balaban J connectivity index is 1.98. The van der Waals surface area contributed by atoms with Gasteiger partial charge in [-0.25, -0.2) is 0 Å². The summed E-state index contributed by atoms with van der Waals surface area (Å²) in [6, 6.07) is 5.52. The van der Waals surface area contributed by atoms with Crippen molar-refractivity contribution in [2.45, 2.75) is 48.9 Å². The molecule has 0 spiro atoms. The largest absolute Gasteiger partial charge is 0.299 e. The summed E-state index contributed by atoms with van der Waals surface area (Å²) in [5.41, 5.74) is 0. The lowest BCUT2D eigenvalue weighted by Crippen LogP contribution is -2.38. The zero-order valence-corrected chi connectivity index (χ0v) is 13.0. The fourth-order valence-corrected chi connectivity index (χ4v) is 11.4. The maximum absolute atomic E-state index is 12.0. The van der Waals surface area contributed by atoms with Crippen LogP contribution in [0.2, 0.25) is 37.3 Å². The standard InChI is InChI=1S/C11H22OSSi2/c1-14-5-3-10(12)9(7-14)11-8-15(2)6-4-13-11/h9,11,14-15H,3-8H2,1-2H3/t9?,11?,14-,15+/m1/s1. The SMILES string of the molecule is C[Si@@H]1CCC(=O)C(C2C[Si@@H](C)CCS2)C1. The molecule has 0 aromatic carbocycles. The maximum atomic E-state index is 12.0. The lowest BCUT2D eigenvalue weighted by Gasteiger charge is -2.35. The minimum Gasteiger partial charge on any atom is -0.299 e. The highest BCUT2D eigenvalue weighted by atomic mass is 32.2. The van der Waals surface area contributed by atoms with Gasteiger partial charge in [-0.05, 0) is 17.8 Å². The van der Waals surface area contributed by atoms with Crippen molar-refractivity contribution < 1.29 is 4.79 Å². The van der Waals surface area contributed by atoms with Crippen LogP contribution in [0.25, 0.3) is 0 Å². The molecule has 2 aliphatic heterocycles.